The standard InChI is InChI=1S/C30H37F2N5O/c1-4-33-13-15-35(16-14-33)28-22(2)29(37(23(28)3)21-24-9-11-25(31)12-10-24)30(38)36-19-17-34(18-20-36)27-8-6-5-7-26(27)32/h5-12H,4,13-21H2,1-3H3. The van der Waals surface area contributed by atoms with Crippen molar-refractivity contribution >= 4 is 17.3 Å². The summed E-state index contributed by atoms with van der Waals surface area (Å²) in [7, 11) is 0. The first-order valence-corrected chi connectivity index (χ1v) is 13.6. The molecule has 2 aliphatic heterocycles. The molecule has 0 radical (unpaired) electrons. The predicted molar refractivity (Wildman–Crippen MR) is 148 cm³/mol. The maximum absolute atomic E-state index is 14.3. The first-order chi connectivity index (χ1) is 18.4. The van der Waals surface area contributed by atoms with Crippen LogP contribution in [0.5, 0.6) is 0 Å². The van der Waals surface area contributed by atoms with Gasteiger partial charge in [0.25, 0.3) is 5.91 Å². The van der Waals surface area contributed by atoms with E-state index in [4.69, 9.17) is 0 Å². The van der Waals surface area contributed by atoms with Crippen molar-refractivity contribution < 1.29 is 13.6 Å². The second-order valence-electron chi connectivity index (χ2n) is 10.3. The molecule has 3 heterocycles. The third-order valence-electron chi connectivity index (χ3n) is 8.08. The minimum atomic E-state index is -0.271. The van der Waals surface area contributed by atoms with Gasteiger partial charge in [-0.1, -0.05) is 31.2 Å². The van der Waals surface area contributed by atoms with Gasteiger partial charge in [0.15, 0.2) is 0 Å². The first-order valence-electron chi connectivity index (χ1n) is 13.6. The number of carbonyl (C=O) groups excluding carboxylic acids is 1. The van der Waals surface area contributed by atoms with E-state index in [1.54, 1.807) is 24.3 Å². The van der Waals surface area contributed by atoms with Crippen molar-refractivity contribution in [3.05, 3.63) is 82.7 Å². The van der Waals surface area contributed by atoms with Gasteiger partial charge in [0.05, 0.1) is 11.4 Å². The molecule has 5 rings (SSSR count). The molecule has 0 N–H and O–H groups in total. The zero-order chi connectivity index (χ0) is 26.8. The molecule has 8 heteroatoms. The van der Waals surface area contributed by atoms with Crippen LogP contribution in [0.2, 0.25) is 0 Å². The highest BCUT2D eigenvalue weighted by atomic mass is 19.1. The average molecular weight is 522 g/mol. The van der Waals surface area contributed by atoms with Gasteiger partial charge in [-0.2, -0.15) is 0 Å². The Morgan fingerprint density at radius 3 is 2.08 bits per heavy atom. The number of amides is 1. The average Bonchev–Trinajstić information content (AvgIpc) is 3.18. The number of para-hydroxylation sites is 1. The van der Waals surface area contributed by atoms with E-state index in [0.29, 0.717) is 44.1 Å². The zero-order valence-corrected chi connectivity index (χ0v) is 22.6. The van der Waals surface area contributed by atoms with Crippen LogP contribution in [-0.2, 0) is 6.54 Å². The van der Waals surface area contributed by atoms with Crippen molar-refractivity contribution in [2.75, 3.05) is 68.7 Å². The number of nitrogens with zero attached hydrogens (tertiary/aromatic N) is 5. The van der Waals surface area contributed by atoms with Crippen molar-refractivity contribution in [2.24, 2.45) is 0 Å². The van der Waals surface area contributed by atoms with Gasteiger partial charge in [-0.25, -0.2) is 8.78 Å². The molecule has 0 bridgehead atoms. The fourth-order valence-electron chi connectivity index (χ4n) is 5.89. The van der Waals surface area contributed by atoms with Crippen LogP contribution < -0.4 is 9.80 Å². The molecule has 3 aromatic rings. The third-order valence-corrected chi connectivity index (χ3v) is 8.08. The summed E-state index contributed by atoms with van der Waals surface area (Å²) >= 11 is 0. The molecule has 0 atom stereocenters. The van der Waals surface area contributed by atoms with Crippen molar-refractivity contribution in [3.8, 4) is 0 Å². The van der Waals surface area contributed by atoms with Gasteiger partial charge in [0.2, 0.25) is 0 Å². The Bertz CT molecular complexity index is 1270. The Hall–Kier alpha value is -3.39. The quantitative estimate of drug-likeness (QED) is 0.477. The Labute approximate surface area is 224 Å². The number of rotatable bonds is 6. The van der Waals surface area contributed by atoms with Crippen LogP contribution in [0.3, 0.4) is 0 Å². The first kappa shape index (κ1) is 26.2. The highest BCUT2D eigenvalue weighted by molar-refractivity contribution is 5.97. The van der Waals surface area contributed by atoms with Crippen LogP contribution in [0.1, 0.15) is 34.2 Å². The number of anilines is 2. The second kappa shape index (κ2) is 11.2. The summed E-state index contributed by atoms with van der Waals surface area (Å²) in [5, 5.41) is 0. The third kappa shape index (κ3) is 5.14. The summed E-state index contributed by atoms with van der Waals surface area (Å²) in [4.78, 5) is 22.8. The molecule has 2 saturated heterocycles. The maximum atomic E-state index is 14.3. The summed E-state index contributed by atoms with van der Waals surface area (Å²) in [5.41, 5.74) is 5.42. The number of carbonyl (C=O) groups is 1. The summed E-state index contributed by atoms with van der Waals surface area (Å²) in [5.74, 6) is -0.508. The van der Waals surface area contributed by atoms with Gasteiger partial charge in [0.1, 0.15) is 17.3 Å². The van der Waals surface area contributed by atoms with E-state index in [1.807, 2.05) is 15.9 Å². The lowest BCUT2D eigenvalue weighted by atomic mass is 10.1. The van der Waals surface area contributed by atoms with Crippen LogP contribution in [-0.4, -0.2) is 79.2 Å². The summed E-state index contributed by atoms with van der Waals surface area (Å²) in [6, 6.07) is 13.3. The largest absolute Gasteiger partial charge is 0.367 e. The minimum Gasteiger partial charge on any atom is -0.367 e. The lowest BCUT2D eigenvalue weighted by molar-refractivity contribution is 0.0735. The van der Waals surface area contributed by atoms with E-state index in [9.17, 15) is 13.6 Å². The molecule has 2 aliphatic rings. The molecule has 1 amide bonds. The molecule has 6 nitrogen and oxygen atoms in total. The van der Waals surface area contributed by atoms with Crippen LogP contribution in [0.15, 0.2) is 48.5 Å². The lowest BCUT2D eigenvalue weighted by Gasteiger charge is -2.36. The number of hydrogen-bond acceptors (Lipinski definition) is 4. The molecule has 202 valence electrons. The molecule has 0 saturated carbocycles. The van der Waals surface area contributed by atoms with Gasteiger partial charge in [-0.05, 0) is 50.2 Å². The molecular formula is C30H37F2N5O. The summed E-state index contributed by atoms with van der Waals surface area (Å²) in [6.07, 6.45) is 0. The van der Waals surface area contributed by atoms with Gasteiger partial charge in [-0.3, -0.25) is 4.79 Å². The smallest absolute Gasteiger partial charge is 0.270 e. The van der Waals surface area contributed by atoms with E-state index >= 15 is 0 Å². The molecule has 0 unspecified atom stereocenters. The van der Waals surface area contributed by atoms with E-state index in [0.717, 1.165) is 55.2 Å². The molecule has 2 aromatic carbocycles. The topological polar surface area (TPSA) is 35.0 Å². The lowest BCUT2D eigenvalue weighted by Crippen LogP contribution is -2.49. The van der Waals surface area contributed by atoms with Crippen LogP contribution in [0.25, 0.3) is 0 Å². The molecule has 0 spiro atoms. The number of hydrogen-bond donors (Lipinski definition) is 0. The maximum Gasteiger partial charge on any atom is 0.270 e. The number of piperazine rings is 2. The van der Waals surface area contributed by atoms with E-state index < -0.39 is 0 Å². The number of aromatic nitrogens is 1. The van der Waals surface area contributed by atoms with Gasteiger partial charge < -0.3 is 24.2 Å². The Balaban J connectivity index is 1.43. The Morgan fingerprint density at radius 1 is 0.816 bits per heavy atom. The fraction of sp³-hybridized carbons (Fsp3) is 0.433. The van der Waals surface area contributed by atoms with Crippen molar-refractivity contribution in [1.29, 1.82) is 0 Å². The molecule has 2 fully saturated rings. The van der Waals surface area contributed by atoms with Crippen molar-refractivity contribution in [1.82, 2.24) is 14.4 Å². The SMILES string of the molecule is CCN1CCN(c2c(C)c(C(=O)N3CCN(c4ccccc4F)CC3)n(Cc3ccc(F)cc3)c2C)CC1. The van der Waals surface area contributed by atoms with Crippen LogP contribution in [0, 0.1) is 25.5 Å². The monoisotopic (exact) mass is 521 g/mol. The Kier molecular flexibility index (Phi) is 7.70. The van der Waals surface area contributed by atoms with Crippen molar-refractivity contribution in [2.45, 2.75) is 27.3 Å². The normalized spacial score (nSPS) is 16.8. The number of benzene rings is 2. The second-order valence-corrected chi connectivity index (χ2v) is 10.3. The van der Waals surface area contributed by atoms with Gasteiger partial charge in [-0.15, -0.1) is 0 Å². The minimum absolute atomic E-state index is 0.000612. The van der Waals surface area contributed by atoms with Crippen molar-refractivity contribution in [3.63, 3.8) is 0 Å². The number of halogens is 2. The molecular weight excluding hydrogens is 484 g/mol. The fourth-order valence-corrected chi connectivity index (χ4v) is 5.89. The van der Waals surface area contributed by atoms with Crippen LogP contribution in [0.4, 0.5) is 20.2 Å². The zero-order valence-electron chi connectivity index (χ0n) is 22.6. The Morgan fingerprint density at radius 2 is 1.45 bits per heavy atom. The van der Waals surface area contributed by atoms with Gasteiger partial charge >= 0.3 is 0 Å². The van der Waals surface area contributed by atoms with E-state index in [2.05, 4.69) is 35.1 Å². The van der Waals surface area contributed by atoms with Gasteiger partial charge in [0, 0.05) is 70.2 Å². The van der Waals surface area contributed by atoms with Crippen LogP contribution >= 0.6 is 0 Å². The highest BCUT2D eigenvalue weighted by Gasteiger charge is 2.31. The van der Waals surface area contributed by atoms with E-state index in [-0.39, 0.29) is 17.5 Å². The van der Waals surface area contributed by atoms with E-state index in [1.165, 1.54) is 18.2 Å². The summed E-state index contributed by atoms with van der Waals surface area (Å²) in [6.45, 7) is 13.9. The number of likely N-dealkylation sites (N-methyl/N-ethyl adjacent to an activating group) is 1. The molecule has 1 aromatic heterocycles. The molecule has 38 heavy (non-hydrogen) atoms. The summed E-state index contributed by atoms with van der Waals surface area (Å²) < 4.78 is 30.1. The highest BCUT2D eigenvalue weighted by Crippen LogP contribution is 2.33. The predicted octanol–water partition coefficient (Wildman–Crippen LogP) is 4.54. The molecule has 0 aliphatic carbocycles.